The Balaban J connectivity index is 2.40. The van der Waals surface area contributed by atoms with Crippen molar-refractivity contribution in [2.24, 2.45) is 0 Å². The molecule has 29 heavy (non-hydrogen) atoms. The van der Waals surface area contributed by atoms with Gasteiger partial charge in [-0.25, -0.2) is 4.79 Å². The summed E-state index contributed by atoms with van der Waals surface area (Å²) in [5.74, 6) is 0.685. The summed E-state index contributed by atoms with van der Waals surface area (Å²) in [5.41, 5.74) is 0. The topological polar surface area (TPSA) is 84.5 Å². The SMILES string of the molecule is CCOC(COc1ccccc1)OC(=O)NCCC[Si](OCC)(OCC)OCC. The van der Waals surface area contributed by atoms with Crippen LogP contribution in [0.1, 0.15) is 34.1 Å². The van der Waals surface area contributed by atoms with E-state index in [-0.39, 0.29) is 6.61 Å². The van der Waals surface area contributed by atoms with E-state index in [9.17, 15) is 4.79 Å². The van der Waals surface area contributed by atoms with Gasteiger partial charge in [0.15, 0.2) is 6.61 Å². The van der Waals surface area contributed by atoms with E-state index < -0.39 is 21.2 Å². The molecule has 9 heteroatoms. The summed E-state index contributed by atoms with van der Waals surface area (Å²) < 4.78 is 33.7. The maximum Gasteiger partial charge on any atom is 0.500 e. The van der Waals surface area contributed by atoms with E-state index in [1.807, 2.05) is 58.0 Å². The van der Waals surface area contributed by atoms with Gasteiger partial charge in [0.25, 0.3) is 0 Å². The second kappa shape index (κ2) is 15.2. The van der Waals surface area contributed by atoms with Gasteiger partial charge in [-0.3, -0.25) is 0 Å². The third-order valence-corrected chi connectivity index (χ3v) is 6.89. The van der Waals surface area contributed by atoms with Gasteiger partial charge in [0.05, 0.1) is 0 Å². The quantitative estimate of drug-likeness (QED) is 0.244. The fourth-order valence-corrected chi connectivity index (χ4v) is 5.25. The molecule has 1 aromatic carbocycles. The number of para-hydroxylation sites is 1. The molecular formula is C20H35NO7Si. The molecule has 0 fully saturated rings. The molecule has 0 saturated heterocycles. The minimum atomic E-state index is -2.70. The first kappa shape index (κ1) is 25.4. The van der Waals surface area contributed by atoms with E-state index in [0.29, 0.717) is 51.2 Å². The van der Waals surface area contributed by atoms with Crippen LogP contribution < -0.4 is 10.1 Å². The number of hydrogen-bond acceptors (Lipinski definition) is 7. The molecule has 1 aromatic rings. The minimum Gasteiger partial charge on any atom is -0.487 e. The summed E-state index contributed by atoms with van der Waals surface area (Å²) >= 11 is 0. The molecule has 0 spiro atoms. The van der Waals surface area contributed by atoms with E-state index in [0.717, 1.165) is 0 Å². The fraction of sp³-hybridized carbons (Fsp3) is 0.650. The highest BCUT2D eigenvalue weighted by Gasteiger charge is 2.39. The summed E-state index contributed by atoms with van der Waals surface area (Å²) in [7, 11) is -2.70. The molecule has 0 aliphatic rings. The van der Waals surface area contributed by atoms with Crippen molar-refractivity contribution in [3.8, 4) is 5.75 Å². The maximum absolute atomic E-state index is 12.1. The van der Waals surface area contributed by atoms with Crippen LogP contribution in [0.5, 0.6) is 5.75 Å². The Labute approximate surface area is 175 Å². The molecular weight excluding hydrogens is 394 g/mol. The Kier molecular flexibility index (Phi) is 13.3. The molecule has 166 valence electrons. The van der Waals surface area contributed by atoms with Gasteiger partial charge in [-0.1, -0.05) is 18.2 Å². The highest BCUT2D eigenvalue weighted by atomic mass is 28.4. The fourth-order valence-electron chi connectivity index (χ4n) is 2.64. The zero-order valence-corrected chi connectivity index (χ0v) is 19.0. The zero-order chi connectivity index (χ0) is 21.4. The molecule has 0 radical (unpaired) electrons. The van der Waals surface area contributed by atoms with E-state index >= 15 is 0 Å². The highest BCUT2D eigenvalue weighted by molar-refractivity contribution is 6.60. The Morgan fingerprint density at radius 3 is 2.14 bits per heavy atom. The number of amides is 1. The van der Waals surface area contributed by atoms with Gasteiger partial charge in [0, 0.05) is 39.0 Å². The molecule has 0 aliphatic carbocycles. The van der Waals surface area contributed by atoms with Gasteiger partial charge in [0.2, 0.25) is 6.29 Å². The molecule has 1 amide bonds. The molecule has 0 saturated carbocycles. The largest absolute Gasteiger partial charge is 0.500 e. The standard InChI is InChI=1S/C20H35NO7Si/c1-5-23-19(17-24-18-13-10-9-11-14-18)28-20(22)21-15-12-16-29(25-6-2,26-7-3)27-8-4/h9-11,13-14,19H,5-8,12,15-17H2,1-4H3,(H,21,22). The predicted molar refractivity (Wildman–Crippen MR) is 112 cm³/mol. The minimum absolute atomic E-state index is 0.111. The summed E-state index contributed by atoms with van der Waals surface area (Å²) in [6.45, 7) is 10.1. The summed E-state index contributed by atoms with van der Waals surface area (Å²) in [6, 6.07) is 9.91. The molecule has 1 rings (SSSR count). The van der Waals surface area contributed by atoms with Crippen molar-refractivity contribution in [2.45, 2.75) is 46.4 Å². The van der Waals surface area contributed by atoms with Crippen molar-refractivity contribution in [3.05, 3.63) is 30.3 Å². The van der Waals surface area contributed by atoms with Gasteiger partial charge in [-0.05, 0) is 46.2 Å². The summed E-state index contributed by atoms with van der Waals surface area (Å²) in [4.78, 5) is 12.1. The molecule has 0 heterocycles. The van der Waals surface area contributed by atoms with Crippen molar-refractivity contribution < 1.29 is 32.3 Å². The van der Waals surface area contributed by atoms with Crippen LogP contribution in [0.4, 0.5) is 4.79 Å². The lowest BCUT2D eigenvalue weighted by atomic mass is 10.3. The average molecular weight is 430 g/mol. The molecule has 1 unspecified atom stereocenters. The van der Waals surface area contributed by atoms with Crippen molar-refractivity contribution >= 4 is 14.9 Å². The molecule has 1 atom stereocenters. The van der Waals surface area contributed by atoms with Crippen molar-refractivity contribution in [1.29, 1.82) is 0 Å². The zero-order valence-electron chi connectivity index (χ0n) is 18.0. The van der Waals surface area contributed by atoms with Crippen LogP contribution in [-0.4, -0.2) is 60.8 Å². The van der Waals surface area contributed by atoms with E-state index in [2.05, 4.69) is 5.32 Å². The molecule has 0 aromatic heterocycles. The molecule has 0 aliphatic heterocycles. The Bertz CT molecular complexity index is 530. The Morgan fingerprint density at radius 1 is 0.966 bits per heavy atom. The molecule has 0 bridgehead atoms. The van der Waals surface area contributed by atoms with Crippen LogP contribution in [0, 0.1) is 0 Å². The van der Waals surface area contributed by atoms with E-state index in [1.54, 1.807) is 0 Å². The lowest BCUT2D eigenvalue weighted by Gasteiger charge is -2.28. The van der Waals surface area contributed by atoms with E-state index in [4.69, 9.17) is 27.5 Å². The highest BCUT2D eigenvalue weighted by Crippen LogP contribution is 2.18. The number of rotatable bonds is 16. The predicted octanol–water partition coefficient (Wildman–Crippen LogP) is 3.59. The van der Waals surface area contributed by atoms with Crippen LogP contribution >= 0.6 is 0 Å². The number of hydrogen-bond donors (Lipinski definition) is 1. The van der Waals surface area contributed by atoms with Crippen molar-refractivity contribution in [2.75, 3.05) is 39.6 Å². The molecule has 8 nitrogen and oxygen atoms in total. The van der Waals surface area contributed by atoms with E-state index in [1.165, 1.54) is 0 Å². The second-order valence-electron chi connectivity index (χ2n) is 5.93. The summed E-state index contributed by atoms with van der Waals surface area (Å²) in [6.07, 6.45) is -0.693. The van der Waals surface area contributed by atoms with Crippen molar-refractivity contribution in [3.63, 3.8) is 0 Å². The lowest BCUT2D eigenvalue weighted by molar-refractivity contribution is -0.119. The number of carbonyl (C=O) groups excluding carboxylic acids is 1. The average Bonchev–Trinajstić information content (AvgIpc) is 2.71. The van der Waals surface area contributed by atoms with Crippen LogP contribution in [0.25, 0.3) is 0 Å². The molecule has 1 N–H and O–H groups in total. The Hall–Kier alpha value is -1.65. The van der Waals surface area contributed by atoms with Gasteiger partial charge in [-0.2, -0.15) is 0 Å². The number of benzene rings is 1. The first-order valence-electron chi connectivity index (χ1n) is 10.2. The monoisotopic (exact) mass is 429 g/mol. The van der Waals surface area contributed by atoms with Crippen LogP contribution in [-0.2, 0) is 22.8 Å². The van der Waals surface area contributed by atoms with Gasteiger partial charge < -0.3 is 32.8 Å². The Morgan fingerprint density at radius 2 is 1.59 bits per heavy atom. The van der Waals surface area contributed by atoms with Crippen LogP contribution in [0.2, 0.25) is 6.04 Å². The second-order valence-corrected chi connectivity index (χ2v) is 8.66. The van der Waals surface area contributed by atoms with Crippen LogP contribution in [0.3, 0.4) is 0 Å². The first-order chi connectivity index (χ1) is 14.1. The first-order valence-corrected chi connectivity index (χ1v) is 12.2. The third-order valence-electron chi connectivity index (χ3n) is 3.74. The van der Waals surface area contributed by atoms with Gasteiger partial charge in [0.1, 0.15) is 5.75 Å². The smallest absolute Gasteiger partial charge is 0.487 e. The normalized spacial score (nSPS) is 12.4. The number of alkyl carbamates (subject to hydrolysis) is 1. The maximum atomic E-state index is 12.1. The lowest BCUT2D eigenvalue weighted by Crippen LogP contribution is -2.46. The van der Waals surface area contributed by atoms with Gasteiger partial charge >= 0.3 is 14.9 Å². The summed E-state index contributed by atoms with van der Waals surface area (Å²) in [5, 5.41) is 2.73. The van der Waals surface area contributed by atoms with Crippen LogP contribution in [0.15, 0.2) is 30.3 Å². The number of carbonyl (C=O) groups is 1. The number of ether oxygens (including phenoxy) is 3. The van der Waals surface area contributed by atoms with Crippen molar-refractivity contribution in [1.82, 2.24) is 5.32 Å². The third kappa shape index (κ3) is 10.6. The van der Waals surface area contributed by atoms with Gasteiger partial charge in [-0.15, -0.1) is 0 Å². The number of nitrogens with one attached hydrogen (secondary N) is 1.